The van der Waals surface area contributed by atoms with Crippen LogP contribution in [0.15, 0.2) is 29.1 Å². The summed E-state index contributed by atoms with van der Waals surface area (Å²) in [4.78, 5) is 45.2. The molecule has 0 aliphatic carbocycles. The van der Waals surface area contributed by atoms with E-state index < -0.39 is 0 Å². The number of Topliss-reactive ketones (excluding diaryl/α,β-unsaturated/α-hetero) is 1. The molecule has 0 saturated heterocycles. The van der Waals surface area contributed by atoms with E-state index in [1.54, 1.807) is 31.2 Å². The Morgan fingerprint density at radius 1 is 1.21 bits per heavy atom. The maximum Gasteiger partial charge on any atom is 0.259 e. The van der Waals surface area contributed by atoms with Gasteiger partial charge in [0.15, 0.2) is 5.78 Å². The third-order valence-electron chi connectivity index (χ3n) is 4.37. The van der Waals surface area contributed by atoms with Gasteiger partial charge in [0, 0.05) is 22.5 Å². The van der Waals surface area contributed by atoms with Crippen LogP contribution in [0, 0.1) is 13.8 Å². The topological polar surface area (TPSA) is 91.9 Å². The Labute approximate surface area is 170 Å². The Balaban J connectivity index is 1.60. The van der Waals surface area contributed by atoms with E-state index in [1.807, 2.05) is 13.8 Å². The van der Waals surface area contributed by atoms with Crippen LogP contribution < -0.4 is 10.9 Å². The number of hydrogen-bond donors (Lipinski definition) is 2. The van der Waals surface area contributed by atoms with Crippen molar-refractivity contribution in [1.82, 2.24) is 9.97 Å². The average Bonchev–Trinajstić information content (AvgIpc) is 2.96. The first-order valence-corrected chi connectivity index (χ1v) is 10.9. The highest BCUT2D eigenvalue weighted by Crippen LogP contribution is 2.26. The van der Waals surface area contributed by atoms with E-state index in [4.69, 9.17) is 0 Å². The number of carbonyl (C=O) groups excluding carboxylic acids is 2. The summed E-state index contributed by atoms with van der Waals surface area (Å²) in [7, 11) is 0. The number of rotatable bonds is 7. The lowest BCUT2D eigenvalue weighted by molar-refractivity contribution is -0.115. The van der Waals surface area contributed by atoms with Crippen LogP contribution in [0.1, 0.15) is 40.0 Å². The number of H-pyrrole nitrogens is 1. The Kier molecular flexibility index (Phi) is 6.31. The van der Waals surface area contributed by atoms with E-state index in [9.17, 15) is 14.4 Å². The first-order chi connectivity index (χ1) is 13.4. The van der Waals surface area contributed by atoms with Crippen molar-refractivity contribution < 1.29 is 9.59 Å². The van der Waals surface area contributed by atoms with Crippen molar-refractivity contribution in [3.63, 3.8) is 0 Å². The molecule has 0 unspecified atom stereocenters. The Bertz CT molecular complexity index is 1080. The quantitative estimate of drug-likeness (QED) is 0.568. The summed E-state index contributed by atoms with van der Waals surface area (Å²) in [5.41, 5.74) is 2.11. The maximum atomic E-state index is 12.4. The number of benzene rings is 1. The van der Waals surface area contributed by atoms with Crippen LogP contribution in [0.3, 0.4) is 0 Å². The number of thioether (sulfide) groups is 1. The molecule has 0 aliphatic heterocycles. The molecule has 1 aromatic carbocycles. The number of anilines is 1. The van der Waals surface area contributed by atoms with Gasteiger partial charge in [-0.25, -0.2) is 4.98 Å². The van der Waals surface area contributed by atoms with Gasteiger partial charge in [-0.2, -0.15) is 0 Å². The Morgan fingerprint density at radius 3 is 2.61 bits per heavy atom. The zero-order chi connectivity index (χ0) is 20.3. The molecule has 2 heterocycles. The fourth-order valence-corrected chi connectivity index (χ4v) is 4.51. The van der Waals surface area contributed by atoms with Gasteiger partial charge in [-0.3, -0.25) is 14.4 Å². The third-order valence-corrected chi connectivity index (χ3v) is 6.42. The molecule has 0 radical (unpaired) electrons. The molecule has 6 nitrogen and oxygen atoms in total. The number of thiophene rings is 1. The number of fused-ring (bicyclic) bond motifs is 1. The molecular weight excluding hydrogens is 394 g/mol. The fourth-order valence-electron chi connectivity index (χ4n) is 2.68. The van der Waals surface area contributed by atoms with Crippen molar-refractivity contribution in [2.45, 2.75) is 32.9 Å². The SMILES string of the molecule is CCC(=O)Nc1ccc(C(=O)CSCc2nc3sc(C)c(C)c3c(=O)[nH]2)cc1. The highest BCUT2D eigenvalue weighted by atomic mass is 32.2. The summed E-state index contributed by atoms with van der Waals surface area (Å²) in [5.74, 6) is 1.24. The van der Waals surface area contributed by atoms with Gasteiger partial charge in [-0.1, -0.05) is 6.92 Å². The molecule has 0 fully saturated rings. The summed E-state index contributed by atoms with van der Waals surface area (Å²) >= 11 is 2.92. The normalized spacial score (nSPS) is 11.0. The van der Waals surface area contributed by atoms with E-state index in [1.165, 1.54) is 23.1 Å². The van der Waals surface area contributed by atoms with Crippen LogP contribution in [0.2, 0.25) is 0 Å². The predicted octanol–water partition coefficient (Wildman–Crippen LogP) is 4.07. The molecule has 0 bridgehead atoms. The number of aryl methyl sites for hydroxylation is 2. The molecule has 0 spiro atoms. The second-order valence-electron chi connectivity index (χ2n) is 6.37. The zero-order valence-corrected chi connectivity index (χ0v) is 17.6. The van der Waals surface area contributed by atoms with E-state index in [2.05, 4.69) is 15.3 Å². The lowest BCUT2D eigenvalue weighted by Crippen LogP contribution is -2.11. The molecular formula is C20H21N3O3S2. The minimum atomic E-state index is -0.126. The Morgan fingerprint density at radius 2 is 1.93 bits per heavy atom. The monoisotopic (exact) mass is 415 g/mol. The smallest absolute Gasteiger partial charge is 0.259 e. The van der Waals surface area contributed by atoms with Crippen molar-refractivity contribution in [1.29, 1.82) is 0 Å². The van der Waals surface area contributed by atoms with Gasteiger partial charge in [0.05, 0.1) is 16.9 Å². The van der Waals surface area contributed by atoms with Gasteiger partial charge < -0.3 is 10.3 Å². The highest BCUT2D eigenvalue weighted by Gasteiger charge is 2.12. The highest BCUT2D eigenvalue weighted by molar-refractivity contribution is 7.99. The molecule has 0 atom stereocenters. The summed E-state index contributed by atoms with van der Waals surface area (Å²) in [6, 6.07) is 6.86. The van der Waals surface area contributed by atoms with Gasteiger partial charge in [0.2, 0.25) is 5.91 Å². The molecule has 3 aromatic rings. The maximum absolute atomic E-state index is 12.4. The van der Waals surface area contributed by atoms with Crippen LogP contribution in [0.5, 0.6) is 0 Å². The predicted molar refractivity (Wildman–Crippen MR) is 116 cm³/mol. The third kappa shape index (κ3) is 4.51. The summed E-state index contributed by atoms with van der Waals surface area (Å²) in [6.07, 6.45) is 0.407. The van der Waals surface area contributed by atoms with Gasteiger partial charge in [-0.15, -0.1) is 23.1 Å². The molecule has 0 aliphatic rings. The lowest BCUT2D eigenvalue weighted by atomic mass is 10.1. The number of carbonyl (C=O) groups is 2. The van der Waals surface area contributed by atoms with Crippen LogP contribution in [0.4, 0.5) is 5.69 Å². The van der Waals surface area contributed by atoms with E-state index in [-0.39, 0.29) is 23.0 Å². The van der Waals surface area contributed by atoms with Gasteiger partial charge in [0.1, 0.15) is 10.7 Å². The molecule has 146 valence electrons. The summed E-state index contributed by atoms with van der Waals surface area (Å²) < 4.78 is 0. The van der Waals surface area contributed by atoms with Crippen molar-refractivity contribution in [3.8, 4) is 0 Å². The van der Waals surface area contributed by atoms with E-state index >= 15 is 0 Å². The van der Waals surface area contributed by atoms with Crippen molar-refractivity contribution in [2.75, 3.05) is 11.1 Å². The van der Waals surface area contributed by atoms with Crippen molar-refractivity contribution in [3.05, 3.63) is 56.4 Å². The molecule has 28 heavy (non-hydrogen) atoms. The van der Waals surface area contributed by atoms with Crippen molar-refractivity contribution >= 4 is 50.7 Å². The molecule has 1 amide bonds. The first-order valence-electron chi connectivity index (χ1n) is 8.88. The number of nitrogens with one attached hydrogen (secondary N) is 2. The number of hydrogen-bond acceptors (Lipinski definition) is 6. The molecule has 0 saturated carbocycles. The van der Waals surface area contributed by atoms with Gasteiger partial charge in [-0.05, 0) is 43.7 Å². The largest absolute Gasteiger partial charge is 0.326 e. The van der Waals surface area contributed by atoms with E-state index in [0.717, 1.165) is 15.3 Å². The van der Waals surface area contributed by atoms with Gasteiger partial charge in [0.25, 0.3) is 5.56 Å². The lowest BCUT2D eigenvalue weighted by Gasteiger charge is -2.05. The Hall–Kier alpha value is -2.45. The number of ketones is 1. The molecule has 3 rings (SSSR count). The number of nitrogens with zero attached hydrogens (tertiary/aromatic N) is 1. The van der Waals surface area contributed by atoms with Crippen LogP contribution >= 0.6 is 23.1 Å². The second-order valence-corrected chi connectivity index (χ2v) is 8.56. The molecule has 2 aromatic heterocycles. The van der Waals surface area contributed by atoms with Crippen LogP contribution in [-0.2, 0) is 10.5 Å². The van der Waals surface area contributed by atoms with Crippen LogP contribution in [-0.4, -0.2) is 27.4 Å². The standard InChI is InChI=1S/C20H21N3O3S2/c1-4-17(25)21-14-7-5-13(6-8-14)15(24)9-27-10-16-22-19(26)18-11(2)12(3)28-20(18)23-16/h5-8H,4,9-10H2,1-3H3,(H,21,25)(H,22,23,26). The average molecular weight is 416 g/mol. The summed E-state index contributed by atoms with van der Waals surface area (Å²) in [5, 5.41) is 3.41. The summed E-state index contributed by atoms with van der Waals surface area (Å²) in [6.45, 7) is 5.69. The fraction of sp³-hybridized carbons (Fsp3) is 0.300. The number of amides is 1. The molecule has 2 N–H and O–H groups in total. The van der Waals surface area contributed by atoms with Gasteiger partial charge >= 0.3 is 0 Å². The minimum Gasteiger partial charge on any atom is -0.326 e. The molecule has 8 heteroatoms. The van der Waals surface area contributed by atoms with Crippen LogP contribution in [0.25, 0.3) is 10.2 Å². The second kappa shape index (κ2) is 8.70. The minimum absolute atomic E-state index is 0.00962. The van der Waals surface area contributed by atoms with Crippen molar-refractivity contribution in [2.24, 2.45) is 0 Å². The first kappa shape index (κ1) is 20.3. The zero-order valence-electron chi connectivity index (χ0n) is 15.9. The van der Waals surface area contributed by atoms with E-state index in [0.29, 0.717) is 34.6 Å². The number of aromatic nitrogens is 2. The number of aromatic amines is 1.